The molecule has 20 heavy (non-hydrogen) atoms. The lowest BCUT2D eigenvalue weighted by Crippen LogP contribution is -2.21. The van der Waals surface area contributed by atoms with Gasteiger partial charge in [-0.2, -0.15) is 0 Å². The zero-order valence-electron chi connectivity index (χ0n) is 11.9. The molecular formula is C15H21NO4. The summed E-state index contributed by atoms with van der Waals surface area (Å²) in [6, 6.07) is 6.72. The van der Waals surface area contributed by atoms with E-state index < -0.39 is 12.1 Å². The first kappa shape index (κ1) is 16.2. The van der Waals surface area contributed by atoms with Crippen LogP contribution < -0.4 is 5.32 Å². The van der Waals surface area contributed by atoms with Crippen molar-refractivity contribution >= 4 is 17.4 Å². The molecule has 1 unspecified atom stereocenters. The molecule has 2 N–H and O–H groups in total. The third-order valence-electron chi connectivity index (χ3n) is 2.85. The molecule has 0 radical (unpaired) electrons. The minimum Gasteiger partial charge on any atom is -0.480 e. The van der Waals surface area contributed by atoms with E-state index in [1.54, 1.807) is 31.2 Å². The minimum atomic E-state index is -0.928. The number of hydrogen-bond donors (Lipinski definition) is 2. The molecule has 0 saturated carbocycles. The molecular weight excluding hydrogens is 258 g/mol. The number of carboxylic acid groups (broad SMARTS) is 1. The fraction of sp³-hybridized carbons (Fsp3) is 0.467. The van der Waals surface area contributed by atoms with Crippen molar-refractivity contribution in [2.24, 2.45) is 0 Å². The highest BCUT2D eigenvalue weighted by Gasteiger charge is 2.15. The van der Waals surface area contributed by atoms with Gasteiger partial charge in [-0.3, -0.25) is 9.59 Å². The number of nitrogens with one attached hydrogen (secondary N) is 1. The highest BCUT2D eigenvalue weighted by molar-refractivity contribution is 5.99. The van der Waals surface area contributed by atoms with Crippen LogP contribution in [0.3, 0.4) is 0 Å². The van der Waals surface area contributed by atoms with Crippen molar-refractivity contribution in [3.63, 3.8) is 0 Å². The van der Waals surface area contributed by atoms with E-state index in [1.165, 1.54) is 0 Å². The number of rotatable bonds is 9. The molecule has 1 aromatic carbocycles. The SMILES string of the molecule is CCCCOC(C)C(=O)c1ccc(NCC(=O)O)cc1. The van der Waals surface area contributed by atoms with Gasteiger partial charge in [0.25, 0.3) is 0 Å². The Bertz CT molecular complexity index is 442. The molecule has 1 rings (SSSR count). The number of carbonyl (C=O) groups is 2. The number of benzene rings is 1. The average Bonchev–Trinajstić information content (AvgIpc) is 2.45. The summed E-state index contributed by atoms with van der Waals surface area (Å²) < 4.78 is 5.46. The van der Waals surface area contributed by atoms with Crippen molar-refractivity contribution < 1.29 is 19.4 Å². The van der Waals surface area contributed by atoms with Gasteiger partial charge in [-0.15, -0.1) is 0 Å². The maximum Gasteiger partial charge on any atom is 0.322 e. The third kappa shape index (κ3) is 5.40. The van der Waals surface area contributed by atoms with E-state index in [0.29, 0.717) is 17.9 Å². The van der Waals surface area contributed by atoms with E-state index >= 15 is 0 Å². The second-order valence-corrected chi connectivity index (χ2v) is 4.56. The van der Waals surface area contributed by atoms with Crippen molar-refractivity contribution in [2.45, 2.75) is 32.8 Å². The fourth-order valence-electron chi connectivity index (χ4n) is 1.64. The maximum atomic E-state index is 12.1. The molecule has 0 aliphatic heterocycles. The van der Waals surface area contributed by atoms with Gasteiger partial charge in [0.2, 0.25) is 0 Å². The number of aliphatic carboxylic acids is 1. The van der Waals surface area contributed by atoms with Gasteiger partial charge in [0.15, 0.2) is 5.78 Å². The van der Waals surface area contributed by atoms with Crippen molar-refractivity contribution in [1.82, 2.24) is 0 Å². The van der Waals surface area contributed by atoms with E-state index in [0.717, 1.165) is 12.8 Å². The highest BCUT2D eigenvalue weighted by atomic mass is 16.5. The summed E-state index contributed by atoms with van der Waals surface area (Å²) in [6.07, 6.45) is 1.51. The smallest absolute Gasteiger partial charge is 0.322 e. The van der Waals surface area contributed by atoms with Crippen LogP contribution in [-0.4, -0.2) is 36.1 Å². The third-order valence-corrected chi connectivity index (χ3v) is 2.85. The number of unbranched alkanes of at least 4 members (excludes halogenated alkanes) is 1. The predicted octanol–water partition coefficient (Wildman–Crippen LogP) is 2.57. The van der Waals surface area contributed by atoms with Crippen molar-refractivity contribution in [1.29, 1.82) is 0 Å². The number of carbonyl (C=O) groups excluding carboxylic acids is 1. The molecule has 0 spiro atoms. The summed E-state index contributed by atoms with van der Waals surface area (Å²) >= 11 is 0. The molecule has 0 amide bonds. The van der Waals surface area contributed by atoms with E-state index in [1.807, 2.05) is 0 Å². The van der Waals surface area contributed by atoms with Crippen LogP contribution in [0.25, 0.3) is 0 Å². The Hall–Kier alpha value is -1.88. The number of anilines is 1. The van der Waals surface area contributed by atoms with Crippen LogP contribution >= 0.6 is 0 Å². The molecule has 0 aliphatic carbocycles. The van der Waals surface area contributed by atoms with Gasteiger partial charge in [0.1, 0.15) is 12.6 Å². The Morgan fingerprint density at radius 2 is 1.95 bits per heavy atom. The normalized spacial score (nSPS) is 11.9. The molecule has 5 nitrogen and oxygen atoms in total. The number of carboxylic acids is 1. The Morgan fingerprint density at radius 1 is 1.30 bits per heavy atom. The minimum absolute atomic E-state index is 0.0640. The molecule has 0 fully saturated rings. The van der Waals surface area contributed by atoms with Crippen molar-refractivity contribution in [3.8, 4) is 0 Å². The lowest BCUT2D eigenvalue weighted by Gasteiger charge is -2.12. The van der Waals surface area contributed by atoms with Crippen molar-refractivity contribution in [2.75, 3.05) is 18.5 Å². The van der Waals surface area contributed by atoms with Gasteiger partial charge in [-0.25, -0.2) is 0 Å². The summed E-state index contributed by atoms with van der Waals surface area (Å²) in [5.41, 5.74) is 1.23. The Balaban J connectivity index is 2.54. The Morgan fingerprint density at radius 3 is 2.50 bits per heavy atom. The number of hydrogen-bond acceptors (Lipinski definition) is 4. The summed E-state index contributed by atoms with van der Waals surface area (Å²) in [6.45, 7) is 4.25. The fourth-order valence-corrected chi connectivity index (χ4v) is 1.64. The zero-order valence-corrected chi connectivity index (χ0v) is 11.9. The van der Waals surface area contributed by atoms with Gasteiger partial charge in [0.05, 0.1) is 0 Å². The quantitative estimate of drug-likeness (QED) is 0.536. The number of ketones is 1. The van der Waals surface area contributed by atoms with Crippen LogP contribution in [0.1, 0.15) is 37.0 Å². The molecule has 0 heterocycles. The number of ether oxygens (including phenoxy) is 1. The summed E-state index contributed by atoms with van der Waals surface area (Å²) in [5, 5.41) is 11.3. The molecule has 110 valence electrons. The van der Waals surface area contributed by atoms with Crippen LogP contribution in [0.2, 0.25) is 0 Å². The molecule has 0 saturated heterocycles. The van der Waals surface area contributed by atoms with Crippen LogP contribution in [0.5, 0.6) is 0 Å². The van der Waals surface area contributed by atoms with E-state index in [-0.39, 0.29) is 12.3 Å². The van der Waals surface area contributed by atoms with Crippen LogP contribution in [-0.2, 0) is 9.53 Å². The van der Waals surface area contributed by atoms with Gasteiger partial charge >= 0.3 is 5.97 Å². The second-order valence-electron chi connectivity index (χ2n) is 4.56. The first-order valence-corrected chi connectivity index (χ1v) is 6.76. The second kappa shape index (κ2) is 8.32. The van der Waals surface area contributed by atoms with Gasteiger partial charge < -0.3 is 15.2 Å². The van der Waals surface area contributed by atoms with Gasteiger partial charge in [-0.1, -0.05) is 13.3 Å². The topological polar surface area (TPSA) is 75.6 Å². The van der Waals surface area contributed by atoms with Crippen LogP contribution in [0, 0.1) is 0 Å². The van der Waals surface area contributed by atoms with Crippen LogP contribution in [0.15, 0.2) is 24.3 Å². The summed E-state index contributed by atoms with van der Waals surface area (Å²) in [5.74, 6) is -0.992. The van der Waals surface area contributed by atoms with Crippen molar-refractivity contribution in [3.05, 3.63) is 29.8 Å². The number of Topliss-reactive ketones (excluding diaryl/α,β-unsaturated/α-hetero) is 1. The largest absolute Gasteiger partial charge is 0.480 e. The first-order chi connectivity index (χ1) is 9.54. The molecule has 1 aromatic rings. The lowest BCUT2D eigenvalue weighted by atomic mass is 10.1. The maximum absolute atomic E-state index is 12.1. The average molecular weight is 279 g/mol. The molecule has 0 aromatic heterocycles. The van der Waals surface area contributed by atoms with E-state index in [4.69, 9.17) is 9.84 Å². The zero-order chi connectivity index (χ0) is 15.0. The van der Waals surface area contributed by atoms with Gasteiger partial charge in [0, 0.05) is 17.9 Å². The lowest BCUT2D eigenvalue weighted by molar-refractivity contribution is -0.134. The van der Waals surface area contributed by atoms with Crippen LogP contribution in [0.4, 0.5) is 5.69 Å². The summed E-state index contributed by atoms with van der Waals surface area (Å²) in [7, 11) is 0. The monoisotopic (exact) mass is 279 g/mol. The predicted molar refractivity (Wildman–Crippen MR) is 77.2 cm³/mol. The molecule has 0 bridgehead atoms. The van der Waals surface area contributed by atoms with E-state index in [9.17, 15) is 9.59 Å². The summed E-state index contributed by atoms with van der Waals surface area (Å²) in [4.78, 5) is 22.5. The van der Waals surface area contributed by atoms with E-state index in [2.05, 4.69) is 12.2 Å². The highest BCUT2D eigenvalue weighted by Crippen LogP contribution is 2.12. The standard InChI is InChI=1S/C15H21NO4/c1-3-4-9-20-11(2)15(19)12-5-7-13(8-6-12)16-10-14(17)18/h5-8,11,16H,3-4,9-10H2,1-2H3,(H,17,18). The molecule has 0 aliphatic rings. The Labute approximate surface area is 118 Å². The molecule has 5 heteroatoms. The first-order valence-electron chi connectivity index (χ1n) is 6.76. The molecule has 1 atom stereocenters. The Kier molecular flexibility index (Phi) is 6.73. The van der Waals surface area contributed by atoms with Gasteiger partial charge in [-0.05, 0) is 37.6 Å².